The molecule has 0 bridgehead atoms. The highest BCUT2D eigenvalue weighted by atomic mass is 35.5. The molecule has 0 aliphatic rings. The van der Waals surface area contributed by atoms with Gasteiger partial charge in [0.1, 0.15) is 11.4 Å². The third kappa shape index (κ3) is 2.41. The van der Waals surface area contributed by atoms with Crippen molar-refractivity contribution in [3.8, 4) is 5.69 Å². The molecule has 6 heteroatoms. The van der Waals surface area contributed by atoms with Crippen LogP contribution >= 0.6 is 11.6 Å². The Balaban J connectivity index is 2.44. The van der Waals surface area contributed by atoms with Crippen molar-refractivity contribution in [1.29, 1.82) is 0 Å². The Bertz CT molecular complexity index is 524. The molecule has 2 heterocycles. The molecule has 0 amide bonds. The van der Waals surface area contributed by atoms with Crippen molar-refractivity contribution in [2.24, 2.45) is 0 Å². The summed E-state index contributed by atoms with van der Waals surface area (Å²) in [7, 11) is 0. The van der Waals surface area contributed by atoms with Crippen molar-refractivity contribution < 1.29 is 0 Å². The lowest BCUT2D eigenvalue weighted by molar-refractivity contribution is 0.759. The summed E-state index contributed by atoms with van der Waals surface area (Å²) >= 11 is 6.13. The normalized spacial score (nSPS) is 12.4. The Hall–Kier alpha value is -1.75. The molecule has 1 unspecified atom stereocenters. The van der Waals surface area contributed by atoms with Crippen molar-refractivity contribution in [3.63, 3.8) is 0 Å². The van der Waals surface area contributed by atoms with E-state index in [1.165, 1.54) is 0 Å². The van der Waals surface area contributed by atoms with Gasteiger partial charge in [-0.1, -0.05) is 18.5 Å². The van der Waals surface area contributed by atoms with Crippen LogP contribution in [0.4, 0.5) is 11.5 Å². The van der Waals surface area contributed by atoms with E-state index in [9.17, 15) is 0 Å². The Morgan fingerprint density at radius 1 is 1.56 bits per heavy atom. The van der Waals surface area contributed by atoms with Gasteiger partial charge in [-0.2, -0.15) is 5.10 Å². The van der Waals surface area contributed by atoms with Gasteiger partial charge in [-0.05, 0) is 19.4 Å². The molecule has 0 spiro atoms. The third-order valence-corrected chi connectivity index (χ3v) is 3.05. The fraction of sp³-hybridized carbons (Fsp3) is 0.333. The Morgan fingerprint density at radius 2 is 2.33 bits per heavy atom. The number of nitrogens with two attached hydrogens (primary N) is 1. The van der Waals surface area contributed by atoms with Crippen molar-refractivity contribution in [2.75, 3.05) is 11.1 Å². The highest BCUT2D eigenvalue weighted by Gasteiger charge is 2.14. The van der Waals surface area contributed by atoms with Gasteiger partial charge in [0.2, 0.25) is 0 Å². The fourth-order valence-corrected chi connectivity index (χ4v) is 1.81. The SMILES string of the molecule is CCC(C)Nc1ncc(Cl)c(-n2cccn2)c1N. The molecule has 18 heavy (non-hydrogen) atoms. The van der Waals surface area contributed by atoms with E-state index in [-0.39, 0.29) is 0 Å². The number of nitrogens with one attached hydrogen (secondary N) is 1. The topological polar surface area (TPSA) is 68.8 Å². The van der Waals surface area contributed by atoms with Gasteiger partial charge in [0.15, 0.2) is 5.82 Å². The van der Waals surface area contributed by atoms with E-state index < -0.39 is 0 Å². The number of nitrogen functional groups attached to an aromatic ring is 1. The zero-order valence-electron chi connectivity index (χ0n) is 10.4. The van der Waals surface area contributed by atoms with Crippen molar-refractivity contribution in [3.05, 3.63) is 29.7 Å². The highest BCUT2D eigenvalue weighted by Crippen LogP contribution is 2.30. The van der Waals surface area contributed by atoms with Gasteiger partial charge in [0.05, 0.1) is 11.2 Å². The number of aromatic nitrogens is 3. The molecule has 0 aromatic carbocycles. The first-order valence-corrected chi connectivity index (χ1v) is 6.21. The zero-order valence-corrected chi connectivity index (χ0v) is 11.1. The second-order valence-electron chi connectivity index (χ2n) is 4.12. The van der Waals surface area contributed by atoms with Gasteiger partial charge in [-0.15, -0.1) is 0 Å². The van der Waals surface area contributed by atoms with Gasteiger partial charge in [0.25, 0.3) is 0 Å². The quantitative estimate of drug-likeness (QED) is 0.892. The predicted octanol–water partition coefficient (Wildman–Crippen LogP) is 2.71. The van der Waals surface area contributed by atoms with Crippen LogP contribution in [0, 0.1) is 0 Å². The minimum atomic E-state index is 0.298. The summed E-state index contributed by atoms with van der Waals surface area (Å²) in [6.07, 6.45) is 6.04. The molecule has 0 radical (unpaired) electrons. The van der Waals surface area contributed by atoms with E-state index >= 15 is 0 Å². The molecule has 5 nitrogen and oxygen atoms in total. The molecule has 0 saturated carbocycles. The molecule has 2 aromatic heterocycles. The maximum atomic E-state index is 6.13. The minimum absolute atomic E-state index is 0.298. The lowest BCUT2D eigenvalue weighted by Gasteiger charge is -2.16. The van der Waals surface area contributed by atoms with E-state index in [4.69, 9.17) is 17.3 Å². The standard InChI is InChI=1S/C12H16ClN5/c1-3-8(2)17-12-10(14)11(9(13)7-15-12)18-6-4-5-16-18/h4-8H,3,14H2,1-2H3,(H,15,17). The molecule has 1 atom stereocenters. The Kier molecular flexibility index (Phi) is 3.72. The smallest absolute Gasteiger partial charge is 0.151 e. The first kappa shape index (κ1) is 12.7. The molecule has 3 N–H and O–H groups in total. The molecule has 0 aliphatic carbocycles. The largest absolute Gasteiger partial charge is 0.394 e. The van der Waals surface area contributed by atoms with Crippen molar-refractivity contribution in [2.45, 2.75) is 26.3 Å². The third-order valence-electron chi connectivity index (χ3n) is 2.77. The van der Waals surface area contributed by atoms with Crippen molar-refractivity contribution >= 4 is 23.1 Å². The molecule has 2 rings (SSSR count). The molecule has 2 aromatic rings. The van der Waals surface area contributed by atoms with Crippen LogP contribution in [0.1, 0.15) is 20.3 Å². The van der Waals surface area contributed by atoms with Crippen LogP contribution in [0.2, 0.25) is 5.02 Å². The first-order valence-electron chi connectivity index (χ1n) is 5.84. The number of rotatable bonds is 4. The molecule has 0 saturated heterocycles. The minimum Gasteiger partial charge on any atom is -0.394 e. The summed E-state index contributed by atoms with van der Waals surface area (Å²) in [5.74, 6) is 0.638. The zero-order chi connectivity index (χ0) is 13.1. The second-order valence-corrected chi connectivity index (χ2v) is 4.53. The first-order chi connectivity index (χ1) is 8.63. The van der Waals surface area contributed by atoms with Crippen molar-refractivity contribution in [1.82, 2.24) is 14.8 Å². The summed E-state index contributed by atoms with van der Waals surface area (Å²) in [6, 6.07) is 2.12. The van der Waals surface area contributed by atoms with E-state index in [1.807, 2.05) is 6.07 Å². The van der Waals surface area contributed by atoms with E-state index in [0.717, 1.165) is 6.42 Å². The summed E-state index contributed by atoms with van der Waals surface area (Å²) < 4.78 is 1.64. The number of nitrogens with zero attached hydrogens (tertiary/aromatic N) is 3. The molecule has 0 fully saturated rings. The highest BCUT2D eigenvalue weighted by molar-refractivity contribution is 6.33. The van der Waals surface area contributed by atoms with Gasteiger partial charge < -0.3 is 11.1 Å². The van der Waals surface area contributed by atoms with Gasteiger partial charge >= 0.3 is 0 Å². The predicted molar refractivity (Wildman–Crippen MR) is 74.2 cm³/mol. The summed E-state index contributed by atoms with van der Waals surface area (Å²) in [6.45, 7) is 4.17. The monoisotopic (exact) mass is 265 g/mol. The van der Waals surface area contributed by atoms with E-state index in [0.29, 0.717) is 28.3 Å². The number of anilines is 2. The maximum absolute atomic E-state index is 6.13. The molecular weight excluding hydrogens is 250 g/mol. The van der Waals surface area contributed by atoms with Crippen LogP contribution in [0.15, 0.2) is 24.7 Å². The number of halogens is 1. The van der Waals surface area contributed by atoms with Crippen LogP contribution in [-0.4, -0.2) is 20.8 Å². The average Bonchev–Trinajstić information content (AvgIpc) is 2.86. The van der Waals surface area contributed by atoms with Gasteiger partial charge in [-0.3, -0.25) is 0 Å². The average molecular weight is 266 g/mol. The van der Waals surface area contributed by atoms with Crippen LogP contribution in [0.25, 0.3) is 5.69 Å². The summed E-state index contributed by atoms with van der Waals surface area (Å²) in [4.78, 5) is 4.23. The Labute approximate surface area is 111 Å². The number of hydrogen-bond acceptors (Lipinski definition) is 4. The summed E-state index contributed by atoms with van der Waals surface area (Å²) in [5, 5.41) is 7.88. The maximum Gasteiger partial charge on any atom is 0.151 e. The van der Waals surface area contributed by atoms with Gasteiger partial charge in [-0.25, -0.2) is 9.67 Å². The lowest BCUT2D eigenvalue weighted by Crippen LogP contribution is -2.17. The number of hydrogen-bond donors (Lipinski definition) is 2. The fourth-order valence-electron chi connectivity index (χ4n) is 1.58. The second kappa shape index (κ2) is 5.27. The molecular formula is C12H16ClN5. The van der Waals surface area contributed by atoms with Crippen LogP contribution < -0.4 is 11.1 Å². The lowest BCUT2D eigenvalue weighted by atomic mass is 10.2. The van der Waals surface area contributed by atoms with E-state index in [2.05, 4.69) is 29.2 Å². The van der Waals surface area contributed by atoms with Crippen LogP contribution in [0.5, 0.6) is 0 Å². The number of pyridine rings is 1. The van der Waals surface area contributed by atoms with Crippen LogP contribution in [0.3, 0.4) is 0 Å². The summed E-state index contributed by atoms with van der Waals surface area (Å²) in [5.41, 5.74) is 7.27. The van der Waals surface area contributed by atoms with Crippen LogP contribution in [-0.2, 0) is 0 Å². The van der Waals surface area contributed by atoms with Gasteiger partial charge in [0, 0.05) is 18.4 Å². The molecule has 96 valence electrons. The molecule has 0 aliphatic heterocycles. The van der Waals surface area contributed by atoms with E-state index in [1.54, 1.807) is 23.3 Å². The Morgan fingerprint density at radius 3 is 2.94 bits per heavy atom.